The van der Waals surface area contributed by atoms with Gasteiger partial charge in [-0.25, -0.2) is 0 Å². The van der Waals surface area contributed by atoms with Crippen molar-refractivity contribution in [2.45, 2.75) is 52.1 Å². The lowest BCUT2D eigenvalue weighted by Gasteiger charge is -2.42. The van der Waals surface area contributed by atoms with E-state index >= 15 is 0 Å². The minimum atomic E-state index is 0.148. The second-order valence-corrected chi connectivity index (χ2v) is 10.9. The predicted octanol–water partition coefficient (Wildman–Crippen LogP) is 3.56. The van der Waals surface area contributed by atoms with Gasteiger partial charge in [0.1, 0.15) is 5.75 Å². The Labute approximate surface area is 213 Å². The molecule has 0 spiro atoms. The maximum Gasteiger partial charge on any atom is 0.274 e. The first-order valence-electron chi connectivity index (χ1n) is 13.4. The molecule has 3 heterocycles. The van der Waals surface area contributed by atoms with E-state index in [0.717, 1.165) is 94.4 Å². The molecule has 2 aliphatic heterocycles. The maximum absolute atomic E-state index is 13.5. The number of hydrogen-bond acceptors (Lipinski definition) is 6. The van der Waals surface area contributed by atoms with Crippen LogP contribution in [0.5, 0.6) is 5.75 Å². The summed E-state index contributed by atoms with van der Waals surface area (Å²) in [5.74, 6) is 3.19. The van der Waals surface area contributed by atoms with Crippen LogP contribution in [-0.2, 0) is 19.4 Å². The van der Waals surface area contributed by atoms with Crippen LogP contribution in [0.2, 0.25) is 0 Å². The molecule has 1 atom stereocenters. The maximum atomic E-state index is 13.5. The Morgan fingerprint density at radius 2 is 1.86 bits per heavy atom. The highest BCUT2D eigenvalue weighted by Crippen LogP contribution is 2.32. The number of benzene rings is 1. The van der Waals surface area contributed by atoms with Gasteiger partial charge in [0.15, 0.2) is 5.69 Å². The van der Waals surface area contributed by atoms with E-state index in [-0.39, 0.29) is 5.91 Å². The Balaban J connectivity index is 1.29. The van der Waals surface area contributed by atoms with Gasteiger partial charge in [0.05, 0.1) is 12.3 Å². The fraction of sp³-hybridized carbons (Fsp3) is 0.630. The molecular formula is C27H39N5O2S. The number of anilines is 1. The number of rotatable bonds is 7. The van der Waals surface area contributed by atoms with Gasteiger partial charge >= 0.3 is 0 Å². The molecule has 2 fully saturated rings. The van der Waals surface area contributed by atoms with E-state index in [0.29, 0.717) is 12.6 Å². The molecule has 0 radical (unpaired) electrons. The Hall–Kier alpha value is -2.19. The molecular weight excluding hydrogens is 458 g/mol. The van der Waals surface area contributed by atoms with E-state index in [2.05, 4.69) is 39.6 Å². The largest absolute Gasteiger partial charge is 0.492 e. The quantitative estimate of drug-likeness (QED) is 0.583. The standard InChI is InChI=1S/C27H39N5O2S/c1-3-11-32-23-10-9-21(20-22(23)26(28-32)27(33)31-16-18-35-19-17-31)29-12-14-30(15-13-29)24-7-5-6-8-25(24)34-4-2/h5-8,21H,3-4,9-20H2,1-2H3. The summed E-state index contributed by atoms with van der Waals surface area (Å²) in [5.41, 5.74) is 4.46. The number of amides is 1. The van der Waals surface area contributed by atoms with E-state index < -0.39 is 0 Å². The first-order valence-corrected chi connectivity index (χ1v) is 14.5. The van der Waals surface area contributed by atoms with Gasteiger partial charge < -0.3 is 14.5 Å². The first kappa shape index (κ1) is 24.5. The molecule has 35 heavy (non-hydrogen) atoms. The third-order valence-corrected chi connectivity index (χ3v) is 8.54. The van der Waals surface area contributed by atoms with Crippen LogP contribution < -0.4 is 9.64 Å². The van der Waals surface area contributed by atoms with E-state index in [9.17, 15) is 4.79 Å². The van der Waals surface area contributed by atoms with Crippen LogP contribution in [0.1, 0.15) is 48.4 Å². The second kappa shape index (κ2) is 11.2. The molecule has 1 unspecified atom stereocenters. The fourth-order valence-corrected chi connectivity index (χ4v) is 6.69. The zero-order valence-electron chi connectivity index (χ0n) is 21.2. The van der Waals surface area contributed by atoms with Crippen molar-refractivity contribution < 1.29 is 9.53 Å². The third-order valence-electron chi connectivity index (χ3n) is 7.59. The van der Waals surface area contributed by atoms with Gasteiger partial charge in [-0.05, 0) is 44.7 Å². The van der Waals surface area contributed by atoms with Gasteiger partial charge in [-0.2, -0.15) is 16.9 Å². The molecule has 0 saturated carbocycles. The van der Waals surface area contributed by atoms with E-state index in [4.69, 9.17) is 9.84 Å². The van der Waals surface area contributed by atoms with Crippen molar-refractivity contribution in [3.8, 4) is 5.75 Å². The summed E-state index contributed by atoms with van der Waals surface area (Å²) >= 11 is 1.94. The molecule has 0 bridgehead atoms. The molecule has 3 aliphatic rings. The third kappa shape index (κ3) is 5.19. The number of piperazine rings is 1. The number of thioether (sulfide) groups is 1. The van der Waals surface area contributed by atoms with Crippen molar-refractivity contribution in [3.05, 3.63) is 41.2 Å². The molecule has 1 aromatic carbocycles. The van der Waals surface area contributed by atoms with Gasteiger partial charge in [0.2, 0.25) is 0 Å². The number of ether oxygens (including phenoxy) is 1. The number of para-hydroxylation sites is 2. The summed E-state index contributed by atoms with van der Waals surface area (Å²) in [6, 6.07) is 8.87. The lowest BCUT2D eigenvalue weighted by atomic mass is 9.89. The Bertz CT molecular complexity index is 1010. The van der Waals surface area contributed by atoms with Gasteiger partial charge in [-0.3, -0.25) is 14.4 Å². The molecule has 7 nitrogen and oxygen atoms in total. The fourth-order valence-electron chi connectivity index (χ4n) is 5.79. The molecule has 0 N–H and O–H groups in total. The van der Waals surface area contributed by atoms with Crippen molar-refractivity contribution in [2.24, 2.45) is 0 Å². The highest BCUT2D eigenvalue weighted by Gasteiger charge is 2.34. The van der Waals surface area contributed by atoms with Crippen LogP contribution >= 0.6 is 11.8 Å². The molecule has 5 rings (SSSR count). The molecule has 1 amide bonds. The minimum absolute atomic E-state index is 0.148. The van der Waals surface area contributed by atoms with E-state index in [1.54, 1.807) is 0 Å². The van der Waals surface area contributed by atoms with Crippen LogP contribution in [0.25, 0.3) is 0 Å². The first-order chi connectivity index (χ1) is 17.2. The van der Waals surface area contributed by atoms with Crippen molar-refractivity contribution in [1.82, 2.24) is 19.6 Å². The highest BCUT2D eigenvalue weighted by atomic mass is 32.2. The molecule has 2 saturated heterocycles. The minimum Gasteiger partial charge on any atom is -0.492 e. The number of hydrogen-bond donors (Lipinski definition) is 0. The van der Waals surface area contributed by atoms with Gasteiger partial charge in [-0.1, -0.05) is 19.1 Å². The number of fused-ring (bicyclic) bond motifs is 1. The molecule has 2 aromatic rings. The number of aryl methyl sites for hydroxylation is 1. The van der Waals surface area contributed by atoms with E-state index in [1.165, 1.54) is 16.9 Å². The Morgan fingerprint density at radius 1 is 1.09 bits per heavy atom. The summed E-state index contributed by atoms with van der Waals surface area (Å²) in [7, 11) is 0. The average Bonchev–Trinajstić information content (AvgIpc) is 3.27. The highest BCUT2D eigenvalue weighted by molar-refractivity contribution is 7.99. The van der Waals surface area contributed by atoms with Crippen molar-refractivity contribution in [2.75, 3.05) is 62.3 Å². The van der Waals surface area contributed by atoms with Crippen LogP contribution in [0.15, 0.2) is 24.3 Å². The van der Waals surface area contributed by atoms with Gasteiger partial charge in [0.25, 0.3) is 5.91 Å². The van der Waals surface area contributed by atoms with E-state index in [1.807, 2.05) is 29.7 Å². The summed E-state index contributed by atoms with van der Waals surface area (Å²) in [6.45, 7) is 11.6. The van der Waals surface area contributed by atoms with Crippen molar-refractivity contribution >= 4 is 23.4 Å². The van der Waals surface area contributed by atoms with Crippen LogP contribution in [0, 0.1) is 0 Å². The normalized spacial score (nSPS) is 21.1. The lowest BCUT2D eigenvalue weighted by molar-refractivity contribution is 0.0763. The monoisotopic (exact) mass is 497 g/mol. The summed E-state index contributed by atoms with van der Waals surface area (Å²) < 4.78 is 8.02. The zero-order chi connectivity index (χ0) is 24.2. The smallest absolute Gasteiger partial charge is 0.274 e. The number of carbonyl (C=O) groups excluding carboxylic acids is 1. The molecule has 190 valence electrons. The average molecular weight is 498 g/mol. The zero-order valence-corrected chi connectivity index (χ0v) is 22.1. The number of nitrogens with zero attached hydrogens (tertiary/aromatic N) is 5. The van der Waals surface area contributed by atoms with Crippen LogP contribution in [-0.4, -0.2) is 88.9 Å². The van der Waals surface area contributed by atoms with Crippen molar-refractivity contribution in [1.29, 1.82) is 0 Å². The second-order valence-electron chi connectivity index (χ2n) is 9.72. The van der Waals surface area contributed by atoms with Gasteiger partial charge in [0, 0.05) is 74.6 Å². The summed E-state index contributed by atoms with van der Waals surface area (Å²) in [6.07, 6.45) is 4.14. The molecule has 1 aliphatic carbocycles. The lowest BCUT2D eigenvalue weighted by Crippen LogP contribution is -2.52. The predicted molar refractivity (Wildman–Crippen MR) is 143 cm³/mol. The topological polar surface area (TPSA) is 53.8 Å². The summed E-state index contributed by atoms with van der Waals surface area (Å²) in [5, 5.41) is 4.89. The van der Waals surface area contributed by atoms with Crippen molar-refractivity contribution in [3.63, 3.8) is 0 Å². The molecule has 8 heteroatoms. The SMILES string of the molecule is CCCn1nc(C(=O)N2CCSCC2)c2c1CCC(N1CCN(c3ccccc3OCC)CC1)C2. The Morgan fingerprint density at radius 3 is 2.60 bits per heavy atom. The van der Waals surface area contributed by atoms with Gasteiger partial charge in [-0.15, -0.1) is 0 Å². The number of carbonyl (C=O) groups is 1. The number of aromatic nitrogens is 2. The molecule has 1 aromatic heterocycles. The van der Waals surface area contributed by atoms with Crippen LogP contribution in [0.4, 0.5) is 5.69 Å². The van der Waals surface area contributed by atoms with Crippen LogP contribution in [0.3, 0.4) is 0 Å². The summed E-state index contributed by atoms with van der Waals surface area (Å²) in [4.78, 5) is 20.6. The Kier molecular flexibility index (Phi) is 7.88.